The summed E-state index contributed by atoms with van der Waals surface area (Å²) in [5, 5.41) is 13.1. The number of rotatable bonds is 7. The van der Waals surface area contributed by atoms with E-state index in [0.717, 1.165) is 36.9 Å². The third-order valence-electron chi connectivity index (χ3n) is 4.39. The van der Waals surface area contributed by atoms with Crippen LogP contribution >= 0.6 is 15.9 Å². The average molecular weight is 355 g/mol. The summed E-state index contributed by atoms with van der Waals surface area (Å²) in [6.45, 7) is 5.61. The Balaban J connectivity index is 1.94. The van der Waals surface area contributed by atoms with Gasteiger partial charge in [0.05, 0.1) is 6.61 Å². The minimum atomic E-state index is 0.296. The largest absolute Gasteiger partial charge is 0.395 e. The monoisotopic (exact) mass is 354 g/mol. The molecule has 1 heterocycles. The Hall–Kier alpha value is -0.420. The lowest BCUT2D eigenvalue weighted by Crippen LogP contribution is -2.43. The highest BCUT2D eigenvalue weighted by atomic mass is 79.9. The Morgan fingerprint density at radius 3 is 2.76 bits per heavy atom. The molecule has 3 nitrogen and oxygen atoms in total. The first-order chi connectivity index (χ1) is 10.2. The van der Waals surface area contributed by atoms with E-state index in [9.17, 15) is 5.11 Å². The zero-order valence-corrected chi connectivity index (χ0v) is 14.5. The summed E-state index contributed by atoms with van der Waals surface area (Å²) in [6.07, 6.45) is 4.75. The van der Waals surface area contributed by atoms with Crippen molar-refractivity contribution in [2.24, 2.45) is 0 Å². The molecule has 0 bridgehead atoms. The van der Waals surface area contributed by atoms with E-state index in [1.54, 1.807) is 0 Å². The van der Waals surface area contributed by atoms with E-state index in [0.29, 0.717) is 18.7 Å². The third kappa shape index (κ3) is 5.06. The van der Waals surface area contributed by atoms with Crippen molar-refractivity contribution in [1.82, 2.24) is 10.2 Å². The van der Waals surface area contributed by atoms with Crippen LogP contribution in [0.25, 0.3) is 0 Å². The molecule has 2 rings (SSSR count). The lowest BCUT2D eigenvalue weighted by molar-refractivity contribution is 0.0865. The molecule has 0 aliphatic carbocycles. The number of aliphatic hydroxyl groups excluding tert-OH is 1. The van der Waals surface area contributed by atoms with Gasteiger partial charge in [0.2, 0.25) is 0 Å². The number of hydrogen-bond donors (Lipinski definition) is 2. The van der Waals surface area contributed by atoms with E-state index in [1.807, 2.05) is 0 Å². The molecule has 2 N–H and O–H groups in total. The first-order valence-electron chi connectivity index (χ1n) is 8.08. The van der Waals surface area contributed by atoms with Crippen LogP contribution in [0.2, 0.25) is 0 Å². The Morgan fingerprint density at radius 1 is 1.33 bits per heavy atom. The van der Waals surface area contributed by atoms with Gasteiger partial charge >= 0.3 is 0 Å². The van der Waals surface area contributed by atoms with E-state index in [1.165, 1.54) is 18.4 Å². The molecule has 2 atom stereocenters. The lowest BCUT2D eigenvalue weighted by Gasteiger charge is -2.35. The quantitative estimate of drug-likeness (QED) is 0.788. The normalized spacial score (nSPS) is 21.4. The van der Waals surface area contributed by atoms with Crippen LogP contribution in [0.3, 0.4) is 0 Å². The number of nitrogens with zero attached hydrogens (tertiary/aromatic N) is 1. The summed E-state index contributed by atoms with van der Waals surface area (Å²) in [7, 11) is 0. The SMILES string of the molecule is CCNC(CCN1CCCCC1CO)c1ccc(Br)cc1. The van der Waals surface area contributed by atoms with Gasteiger partial charge in [0.15, 0.2) is 0 Å². The summed E-state index contributed by atoms with van der Waals surface area (Å²) >= 11 is 3.50. The van der Waals surface area contributed by atoms with E-state index in [-0.39, 0.29) is 0 Å². The summed E-state index contributed by atoms with van der Waals surface area (Å²) in [5.41, 5.74) is 1.35. The van der Waals surface area contributed by atoms with Crippen LogP contribution in [0.15, 0.2) is 28.7 Å². The van der Waals surface area contributed by atoms with Crippen molar-refractivity contribution in [3.63, 3.8) is 0 Å². The molecular weight excluding hydrogens is 328 g/mol. The van der Waals surface area contributed by atoms with Crippen LogP contribution < -0.4 is 5.32 Å². The standard InChI is InChI=1S/C17H27BrN2O/c1-2-19-17(14-6-8-15(18)9-7-14)10-12-20-11-4-3-5-16(20)13-21/h6-9,16-17,19,21H,2-5,10-13H2,1H3. The van der Waals surface area contributed by atoms with Gasteiger partial charge in [-0.15, -0.1) is 0 Å². The fourth-order valence-corrected chi connectivity index (χ4v) is 3.45. The zero-order valence-electron chi connectivity index (χ0n) is 12.9. The van der Waals surface area contributed by atoms with Crippen molar-refractivity contribution in [3.05, 3.63) is 34.3 Å². The maximum atomic E-state index is 9.52. The second kappa shape index (κ2) is 8.89. The summed E-state index contributed by atoms with van der Waals surface area (Å²) < 4.78 is 1.12. The summed E-state index contributed by atoms with van der Waals surface area (Å²) in [4.78, 5) is 2.46. The molecule has 0 radical (unpaired) electrons. The van der Waals surface area contributed by atoms with E-state index in [4.69, 9.17) is 0 Å². The van der Waals surface area contributed by atoms with Crippen molar-refractivity contribution in [2.75, 3.05) is 26.2 Å². The minimum absolute atomic E-state index is 0.296. The maximum absolute atomic E-state index is 9.52. The molecule has 0 aromatic heterocycles. The van der Waals surface area contributed by atoms with Gasteiger partial charge in [-0.25, -0.2) is 0 Å². The number of halogens is 1. The molecule has 0 saturated carbocycles. The number of aliphatic hydroxyl groups is 1. The molecule has 1 fully saturated rings. The van der Waals surface area contributed by atoms with E-state index < -0.39 is 0 Å². The van der Waals surface area contributed by atoms with Crippen molar-refractivity contribution >= 4 is 15.9 Å². The third-order valence-corrected chi connectivity index (χ3v) is 4.92. The molecule has 2 unspecified atom stereocenters. The van der Waals surface area contributed by atoms with Crippen molar-refractivity contribution in [1.29, 1.82) is 0 Å². The second-order valence-electron chi connectivity index (χ2n) is 5.82. The molecule has 1 aromatic carbocycles. The van der Waals surface area contributed by atoms with Gasteiger partial charge in [0.1, 0.15) is 0 Å². The maximum Gasteiger partial charge on any atom is 0.0586 e. The number of benzene rings is 1. The summed E-state index contributed by atoms with van der Waals surface area (Å²) in [5.74, 6) is 0. The van der Waals surface area contributed by atoms with Crippen LogP contribution in [-0.2, 0) is 0 Å². The van der Waals surface area contributed by atoms with Gasteiger partial charge < -0.3 is 10.4 Å². The van der Waals surface area contributed by atoms with Gasteiger partial charge in [-0.2, -0.15) is 0 Å². The smallest absolute Gasteiger partial charge is 0.0586 e. The Kier molecular flexibility index (Phi) is 7.17. The molecule has 118 valence electrons. The predicted octanol–water partition coefficient (Wildman–Crippen LogP) is 3.34. The van der Waals surface area contributed by atoms with Crippen LogP contribution in [0, 0.1) is 0 Å². The van der Waals surface area contributed by atoms with Gasteiger partial charge in [-0.3, -0.25) is 4.90 Å². The number of hydrogen-bond acceptors (Lipinski definition) is 3. The van der Waals surface area contributed by atoms with Gasteiger partial charge in [0, 0.05) is 23.1 Å². The molecule has 1 aliphatic heterocycles. The highest BCUT2D eigenvalue weighted by Crippen LogP contribution is 2.22. The summed E-state index contributed by atoms with van der Waals surface area (Å²) in [6, 6.07) is 9.36. The Labute approximate surface area is 136 Å². The van der Waals surface area contributed by atoms with E-state index >= 15 is 0 Å². The highest BCUT2D eigenvalue weighted by molar-refractivity contribution is 9.10. The Morgan fingerprint density at radius 2 is 2.10 bits per heavy atom. The fourth-order valence-electron chi connectivity index (χ4n) is 3.18. The molecule has 0 spiro atoms. The van der Waals surface area contributed by atoms with Crippen molar-refractivity contribution in [2.45, 2.75) is 44.7 Å². The van der Waals surface area contributed by atoms with Crippen LogP contribution in [0.4, 0.5) is 0 Å². The molecule has 21 heavy (non-hydrogen) atoms. The average Bonchev–Trinajstić information content (AvgIpc) is 2.52. The number of likely N-dealkylation sites (tertiary alicyclic amines) is 1. The van der Waals surface area contributed by atoms with Crippen LogP contribution in [-0.4, -0.2) is 42.3 Å². The molecule has 1 aromatic rings. The first kappa shape index (κ1) is 16.9. The van der Waals surface area contributed by atoms with Gasteiger partial charge in [0.25, 0.3) is 0 Å². The predicted molar refractivity (Wildman–Crippen MR) is 91.5 cm³/mol. The minimum Gasteiger partial charge on any atom is -0.395 e. The first-order valence-corrected chi connectivity index (χ1v) is 8.87. The lowest BCUT2D eigenvalue weighted by atomic mass is 9.99. The van der Waals surface area contributed by atoms with Crippen LogP contribution in [0.5, 0.6) is 0 Å². The molecule has 0 amide bonds. The molecule has 4 heteroatoms. The number of piperidine rings is 1. The Bertz CT molecular complexity index is 410. The fraction of sp³-hybridized carbons (Fsp3) is 0.647. The van der Waals surface area contributed by atoms with Gasteiger partial charge in [-0.1, -0.05) is 41.4 Å². The van der Waals surface area contributed by atoms with Crippen LogP contribution in [0.1, 0.15) is 44.2 Å². The zero-order chi connectivity index (χ0) is 15.1. The number of nitrogens with one attached hydrogen (secondary N) is 1. The topological polar surface area (TPSA) is 35.5 Å². The second-order valence-corrected chi connectivity index (χ2v) is 6.73. The molecule has 1 aliphatic rings. The van der Waals surface area contributed by atoms with Crippen molar-refractivity contribution < 1.29 is 5.11 Å². The van der Waals surface area contributed by atoms with E-state index in [2.05, 4.69) is 57.3 Å². The van der Waals surface area contributed by atoms with Crippen molar-refractivity contribution in [3.8, 4) is 0 Å². The molecule has 1 saturated heterocycles. The molecular formula is C17H27BrN2O. The van der Waals surface area contributed by atoms with Gasteiger partial charge in [-0.05, 0) is 50.0 Å². The highest BCUT2D eigenvalue weighted by Gasteiger charge is 2.22.